The molecule has 0 N–H and O–H groups in total. The Bertz CT molecular complexity index is 730. The number of esters is 1. The zero-order valence-corrected chi connectivity index (χ0v) is 15.0. The van der Waals surface area contributed by atoms with Crippen LogP contribution in [0.15, 0.2) is 54.9 Å². The lowest BCUT2D eigenvalue weighted by molar-refractivity contribution is -0.142. The summed E-state index contributed by atoms with van der Waals surface area (Å²) in [5.74, 6) is 0.199. The van der Waals surface area contributed by atoms with Gasteiger partial charge in [0.05, 0.1) is 7.11 Å². The van der Waals surface area contributed by atoms with Crippen LogP contribution in [0.4, 0.5) is 0 Å². The normalized spacial score (nSPS) is 10.5. The molecular formula is C19H20N2O3S. The van der Waals surface area contributed by atoms with E-state index in [1.807, 2.05) is 54.6 Å². The molecule has 2 rings (SSSR count). The fourth-order valence-corrected chi connectivity index (χ4v) is 2.15. The van der Waals surface area contributed by atoms with E-state index in [2.05, 4.69) is 9.72 Å². The number of likely N-dealkylation sites (N-methyl/N-ethyl adjacent to an activating group) is 1. The van der Waals surface area contributed by atoms with E-state index < -0.39 is 5.97 Å². The second-order valence-corrected chi connectivity index (χ2v) is 5.74. The van der Waals surface area contributed by atoms with Crippen molar-refractivity contribution in [2.45, 2.75) is 6.54 Å². The van der Waals surface area contributed by atoms with Crippen LogP contribution >= 0.6 is 12.2 Å². The highest BCUT2D eigenvalue weighted by Gasteiger charge is 2.03. The van der Waals surface area contributed by atoms with E-state index in [-0.39, 0.29) is 6.61 Å². The van der Waals surface area contributed by atoms with Gasteiger partial charge in [-0.1, -0.05) is 36.5 Å². The van der Waals surface area contributed by atoms with Gasteiger partial charge in [0.1, 0.15) is 10.7 Å². The third-order valence-electron chi connectivity index (χ3n) is 3.40. The van der Waals surface area contributed by atoms with E-state index in [1.165, 1.54) is 7.11 Å². The van der Waals surface area contributed by atoms with Crippen molar-refractivity contribution in [3.63, 3.8) is 0 Å². The number of hydrogen-bond donors (Lipinski definition) is 0. The number of aromatic nitrogens is 1. The van der Waals surface area contributed by atoms with Crippen LogP contribution in [-0.4, -0.2) is 41.6 Å². The van der Waals surface area contributed by atoms with Gasteiger partial charge in [0.2, 0.25) is 0 Å². The molecule has 1 heterocycles. The maximum absolute atomic E-state index is 11.0. The predicted molar refractivity (Wildman–Crippen MR) is 101 cm³/mol. The summed E-state index contributed by atoms with van der Waals surface area (Å²) in [7, 11) is 3.28. The van der Waals surface area contributed by atoms with Crippen LogP contribution < -0.4 is 4.74 Å². The molecule has 2 aromatic rings. The minimum absolute atomic E-state index is 0.102. The number of carbonyl (C=O) groups excluding carboxylic acids is 1. The minimum atomic E-state index is -0.411. The average Bonchev–Trinajstić information content (AvgIpc) is 2.65. The highest BCUT2D eigenvalue weighted by Crippen LogP contribution is 2.13. The molecule has 0 atom stereocenters. The third-order valence-corrected chi connectivity index (χ3v) is 3.85. The van der Waals surface area contributed by atoms with E-state index in [0.29, 0.717) is 12.3 Å². The number of hydrogen-bond acceptors (Lipinski definition) is 5. The van der Waals surface area contributed by atoms with Crippen molar-refractivity contribution < 1.29 is 14.3 Å². The fraction of sp³-hybridized carbons (Fsp3) is 0.211. The van der Waals surface area contributed by atoms with Crippen molar-refractivity contribution in [2.75, 3.05) is 20.8 Å². The number of ether oxygens (including phenoxy) is 2. The number of methoxy groups -OCH3 is 1. The largest absolute Gasteiger partial charge is 0.482 e. The van der Waals surface area contributed by atoms with Gasteiger partial charge < -0.3 is 14.4 Å². The molecule has 1 aromatic heterocycles. The molecule has 130 valence electrons. The lowest BCUT2D eigenvalue weighted by atomic mass is 10.2. The first-order chi connectivity index (χ1) is 12.1. The van der Waals surface area contributed by atoms with Gasteiger partial charge in [0.25, 0.3) is 0 Å². The minimum Gasteiger partial charge on any atom is -0.482 e. The molecule has 0 aliphatic rings. The molecule has 0 aliphatic carbocycles. The first-order valence-electron chi connectivity index (χ1n) is 7.70. The summed E-state index contributed by atoms with van der Waals surface area (Å²) in [5.41, 5.74) is 2.09. The summed E-state index contributed by atoms with van der Waals surface area (Å²) in [6, 6.07) is 11.3. The molecular weight excluding hydrogens is 336 g/mol. The number of benzene rings is 1. The first kappa shape index (κ1) is 18.6. The fourth-order valence-electron chi connectivity index (χ4n) is 2.01. The smallest absolute Gasteiger partial charge is 0.343 e. The maximum Gasteiger partial charge on any atom is 0.343 e. The van der Waals surface area contributed by atoms with E-state index in [0.717, 1.165) is 16.1 Å². The van der Waals surface area contributed by atoms with E-state index >= 15 is 0 Å². The summed E-state index contributed by atoms with van der Waals surface area (Å²) in [6.07, 6.45) is 7.40. The Morgan fingerprint density at radius 1 is 1.28 bits per heavy atom. The Hall–Kier alpha value is -2.73. The molecule has 1 aromatic carbocycles. The Morgan fingerprint density at radius 2 is 2.04 bits per heavy atom. The van der Waals surface area contributed by atoms with Crippen LogP contribution in [-0.2, 0) is 16.1 Å². The highest BCUT2D eigenvalue weighted by molar-refractivity contribution is 7.80. The zero-order valence-electron chi connectivity index (χ0n) is 14.2. The average molecular weight is 356 g/mol. The van der Waals surface area contributed by atoms with Gasteiger partial charge in [0, 0.05) is 26.0 Å². The van der Waals surface area contributed by atoms with Crippen LogP contribution in [0.5, 0.6) is 5.75 Å². The summed E-state index contributed by atoms with van der Waals surface area (Å²) in [5, 5.41) is 0. The van der Waals surface area contributed by atoms with Crippen molar-refractivity contribution in [2.24, 2.45) is 0 Å². The molecule has 25 heavy (non-hydrogen) atoms. The third kappa shape index (κ3) is 6.35. The monoisotopic (exact) mass is 356 g/mol. The van der Waals surface area contributed by atoms with Gasteiger partial charge >= 0.3 is 5.97 Å². The summed E-state index contributed by atoms with van der Waals surface area (Å²) < 4.78 is 9.83. The molecule has 0 bridgehead atoms. The Kier molecular flexibility index (Phi) is 7.10. The highest BCUT2D eigenvalue weighted by atomic mass is 32.1. The summed E-state index contributed by atoms with van der Waals surface area (Å²) in [6.45, 7) is 0.603. The van der Waals surface area contributed by atoms with Crippen LogP contribution in [0.1, 0.15) is 11.1 Å². The Balaban J connectivity index is 1.87. The van der Waals surface area contributed by atoms with Gasteiger partial charge in [0.15, 0.2) is 6.61 Å². The first-order valence-corrected chi connectivity index (χ1v) is 8.11. The Morgan fingerprint density at radius 3 is 2.68 bits per heavy atom. The number of nitrogens with zero attached hydrogens (tertiary/aromatic N) is 2. The molecule has 0 spiro atoms. The topological polar surface area (TPSA) is 51.7 Å². The summed E-state index contributed by atoms with van der Waals surface area (Å²) in [4.78, 5) is 17.9. The summed E-state index contributed by atoms with van der Waals surface area (Å²) >= 11 is 5.43. The molecule has 0 saturated carbocycles. The molecule has 6 heteroatoms. The Labute approximate surface area is 152 Å². The molecule has 0 fully saturated rings. The van der Waals surface area contributed by atoms with Gasteiger partial charge in [-0.25, -0.2) is 4.79 Å². The van der Waals surface area contributed by atoms with E-state index in [4.69, 9.17) is 17.0 Å². The van der Waals surface area contributed by atoms with Gasteiger partial charge in [-0.15, -0.1) is 0 Å². The number of rotatable bonds is 7. The SMILES string of the molecule is COC(=O)COc1ccc(/C=C/C(=S)N(C)Cc2cccnc2)cc1. The van der Waals surface area contributed by atoms with Crippen molar-refractivity contribution in [1.82, 2.24) is 9.88 Å². The van der Waals surface area contributed by atoms with Crippen LogP contribution in [0.25, 0.3) is 6.08 Å². The zero-order chi connectivity index (χ0) is 18.1. The van der Waals surface area contributed by atoms with Crippen molar-refractivity contribution in [3.8, 4) is 5.75 Å². The maximum atomic E-state index is 11.0. The van der Waals surface area contributed by atoms with E-state index in [9.17, 15) is 4.79 Å². The molecule has 5 nitrogen and oxygen atoms in total. The molecule has 0 radical (unpaired) electrons. The molecule has 0 saturated heterocycles. The number of thiocarbonyl (C=S) groups is 1. The quantitative estimate of drug-likeness (QED) is 0.432. The van der Waals surface area contributed by atoms with E-state index in [1.54, 1.807) is 18.3 Å². The van der Waals surface area contributed by atoms with Gasteiger partial charge in [-0.2, -0.15) is 0 Å². The molecule has 0 amide bonds. The second kappa shape index (κ2) is 9.54. The van der Waals surface area contributed by atoms with Crippen molar-refractivity contribution in [3.05, 3.63) is 66.0 Å². The van der Waals surface area contributed by atoms with Crippen LogP contribution in [0.2, 0.25) is 0 Å². The molecule has 0 unspecified atom stereocenters. The standard InChI is InChI=1S/C19H20N2O3S/c1-21(13-16-4-3-11-20-12-16)18(25)10-7-15-5-8-17(9-6-15)24-14-19(22)23-2/h3-12H,13-14H2,1-2H3/b10-7+. The van der Waals surface area contributed by atoms with Gasteiger partial charge in [-0.05, 0) is 35.4 Å². The molecule has 0 aliphatic heterocycles. The lowest BCUT2D eigenvalue weighted by Crippen LogP contribution is -2.22. The van der Waals surface area contributed by atoms with Crippen LogP contribution in [0.3, 0.4) is 0 Å². The van der Waals surface area contributed by atoms with Crippen molar-refractivity contribution in [1.29, 1.82) is 0 Å². The number of pyridine rings is 1. The predicted octanol–water partition coefficient (Wildman–Crippen LogP) is 3.11. The lowest BCUT2D eigenvalue weighted by Gasteiger charge is -2.17. The van der Waals surface area contributed by atoms with Crippen LogP contribution in [0, 0.1) is 0 Å². The second-order valence-electron chi connectivity index (χ2n) is 5.32. The van der Waals surface area contributed by atoms with Crippen molar-refractivity contribution >= 4 is 29.3 Å². The number of carbonyl (C=O) groups is 1. The van der Waals surface area contributed by atoms with Gasteiger partial charge in [-0.3, -0.25) is 4.98 Å².